The van der Waals surface area contributed by atoms with E-state index in [4.69, 9.17) is 0 Å². The molecule has 0 saturated carbocycles. The lowest BCUT2D eigenvalue weighted by Gasteiger charge is -2.25. The van der Waals surface area contributed by atoms with Crippen LogP contribution < -0.4 is 31.9 Å². The molecule has 6 fully saturated rings. The summed E-state index contributed by atoms with van der Waals surface area (Å²) in [6.45, 7) is 1.17. The molecule has 7 aromatic rings. The van der Waals surface area contributed by atoms with Crippen LogP contribution in [0, 0.1) is 0 Å². The Balaban J connectivity index is 0.652. The predicted octanol–water partition coefficient (Wildman–Crippen LogP) is 6.98. The quantitative estimate of drug-likeness (QED) is 0.0914. The second-order valence-electron chi connectivity index (χ2n) is 26.5. The minimum atomic E-state index is -1.08. The molecule has 8 aliphatic heterocycles. The Morgan fingerprint density at radius 1 is 0.283 bits per heavy atom. The smallest absolute Gasteiger partial charge is 0.273 e. The number of carbonyl (C=O) groups is 12. The minimum absolute atomic E-state index is 0.00245. The fourth-order valence-electron chi connectivity index (χ4n) is 14.5. The number of nitrogens with zero attached hydrogens (tertiary/aromatic N) is 12. The summed E-state index contributed by atoms with van der Waals surface area (Å²) in [5, 5.41) is 16.1. The fourth-order valence-corrected chi connectivity index (χ4v) is 19.6. The molecule has 34 heteroatoms. The van der Waals surface area contributed by atoms with Crippen LogP contribution in [0.2, 0.25) is 0 Å². The highest BCUT2D eigenvalue weighted by Gasteiger charge is 2.45. The van der Waals surface area contributed by atoms with Crippen LogP contribution in [0.4, 0.5) is 34.9 Å². The van der Waals surface area contributed by atoms with Crippen molar-refractivity contribution >= 4 is 149 Å². The standard InChI is InChI=1S/C72H68N18O12S4/c91-61-49-20-8-32-87(49)69(99)45-16-4-28-59(75-45)83-65(95)53-35-41(37-89(53)71(101)47-18-6-26-57(77-47)81-63(93)51-22-10-30-85(51)67(97)43-14-2-24-55(73-43)79-61)105-103-39-12-1-13-40(34-39)104-106-42-36-54-66(96)84-60-29-5-17-46(76-60)70(100)88-33-9-21-50(88)62(92)80-56-25-3-15-44(74-56)68(98)86-31-11-23-52(86)64(94)82-58-27-7-19-48(78-58)72(102)90(54)38-42/h1-7,12-19,24-29,34,41-42,49-54H,8-11,20-23,30-33,35-38H2,(H,73,79,91)(H,74,80,92)(H,75,83,95)(H,76,84,96)(H,77,81,93)(H,78,82,94)/t41-,42-,49+,50+,51+,52+,53+,54+/m1/s1. The molecule has 542 valence electrons. The molecule has 1 aromatic carbocycles. The maximum atomic E-state index is 14.9. The molecule has 8 aliphatic rings. The Morgan fingerprint density at radius 3 is 0.764 bits per heavy atom. The number of hydrogen-bond donors (Lipinski definition) is 6. The van der Waals surface area contributed by atoms with Gasteiger partial charge in [0, 0.05) is 59.6 Å². The third kappa shape index (κ3) is 15.1. The maximum Gasteiger partial charge on any atom is 0.273 e. The van der Waals surface area contributed by atoms with E-state index in [2.05, 4.69) is 61.8 Å². The Labute approximate surface area is 621 Å². The number of carbonyl (C=O) groups excluding carboxylic acids is 12. The minimum Gasteiger partial charge on any atom is -0.325 e. The number of amides is 12. The van der Waals surface area contributed by atoms with E-state index in [-0.39, 0.29) is 132 Å². The number of hydrogen-bond acceptors (Lipinski definition) is 22. The molecule has 6 aromatic heterocycles. The van der Waals surface area contributed by atoms with Crippen molar-refractivity contribution in [3.8, 4) is 0 Å². The fraction of sp³-hybridized carbons (Fsp3) is 0.333. The van der Waals surface area contributed by atoms with Gasteiger partial charge in [0.15, 0.2) is 0 Å². The van der Waals surface area contributed by atoms with Gasteiger partial charge in [0.05, 0.1) is 0 Å². The van der Waals surface area contributed by atoms with Crippen LogP contribution in [0.3, 0.4) is 0 Å². The molecule has 15 rings (SSSR count). The van der Waals surface area contributed by atoms with Crippen LogP contribution in [0.15, 0.2) is 143 Å². The Bertz CT molecular complexity index is 4480. The molecule has 14 heterocycles. The van der Waals surface area contributed by atoms with Crippen LogP contribution in [-0.2, 0) is 28.8 Å². The Morgan fingerprint density at radius 2 is 0.509 bits per heavy atom. The van der Waals surface area contributed by atoms with Crippen molar-refractivity contribution in [2.75, 3.05) is 71.2 Å². The van der Waals surface area contributed by atoms with Crippen molar-refractivity contribution in [1.82, 2.24) is 59.3 Å². The molecule has 6 saturated heterocycles. The number of fused-ring (bicyclic) bond motifs is 18. The van der Waals surface area contributed by atoms with E-state index in [1.54, 1.807) is 36.4 Å². The van der Waals surface area contributed by atoms with Gasteiger partial charge in [-0.15, -0.1) is 0 Å². The van der Waals surface area contributed by atoms with E-state index in [1.165, 1.54) is 145 Å². The van der Waals surface area contributed by atoms with Crippen LogP contribution >= 0.6 is 43.2 Å². The molecule has 8 atom stereocenters. The number of pyridine rings is 6. The average Bonchev–Trinajstić information content (AvgIpc) is 1.63. The van der Waals surface area contributed by atoms with Crippen molar-refractivity contribution in [2.24, 2.45) is 0 Å². The van der Waals surface area contributed by atoms with E-state index in [9.17, 15) is 57.5 Å². The van der Waals surface area contributed by atoms with Gasteiger partial charge in [0.25, 0.3) is 35.4 Å². The lowest BCUT2D eigenvalue weighted by molar-refractivity contribution is -0.120. The molecule has 106 heavy (non-hydrogen) atoms. The lowest BCUT2D eigenvalue weighted by Crippen LogP contribution is -2.45. The van der Waals surface area contributed by atoms with Gasteiger partial charge in [-0.05, 0) is 155 Å². The van der Waals surface area contributed by atoms with E-state index in [0.29, 0.717) is 51.4 Å². The van der Waals surface area contributed by atoms with Crippen LogP contribution in [0.25, 0.3) is 0 Å². The monoisotopic (exact) mass is 1500 g/mol. The number of anilines is 6. The van der Waals surface area contributed by atoms with Crippen LogP contribution in [-0.4, -0.2) is 216 Å². The summed E-state index contributed by atoms with van der Waals surface area (Å²) in [6, 6.07) is 29.4. The second kappa shape index (κ2) is 30.7. The topological polar surface area (TPSA) is 374 Å². The first-order valence-electron chi connectivity index (χ1n) is 34.7. The zero-order valence-corrected chi connectivity index (χ0v) is 59.8. The predicted molar refractivity (Wildman–Crippen MR) is 393 cm³/mol. The molecule has 0 unspecified atom stereocenters. The zero-order chi connectivity index (χ0) is 73.3. The zero-order valence-electron chi connectivity index (χ0n) is 56.5. The van der Waals surface area contributed by atoms with Gasteiger partial charge in [-0.25, -0.2) is 29.9 Å². The van der Waals surface area contributed by atoms with Gasteiger partial charge >= 0.3 is 0 Å². The normalized spacial score (nSPS) is 24.0. The van der Waals surface area contributed by atoms with Crippen LogP contribution in [0.5, 0.6) is 0 Å². The van der Waals surface area contributed by atoms with Crippen molar-refractivity contribution in [1.29, 1.82) is 0 Å². The second-order valence-corrected chi connectivity index (χ2v) is 31.7. The lowest BCUT2D eigenvalue weighted by atomic mass is 10.2. The first-order chi connectivity index (χ1) is 51.4. The maximum absolute atomic E-state index is 14.9. The summed E-state index contributed by atoms with van der Waals surface area (Å²) in [5.41, 5.74) is -0.187. The first-order valence-corrected chi connectivity index (χ1v) is 39.2. The summed E-state index contributed by atoms with van der Waals surface area (Å²) in [7, 11) is 5.77. The van der Waals surface area contributed by atoms with Gasteiger partial charge in [0.2, 0.25) is 35.4 Å². The van der Waals surface area contributed by atoms with Crippen molar-refractivity contribution in [3.63, 3.8) is 0 Å². The van der Waals surface area contributed by atoms with Gasteiger partial charge in [-0.1, -0.05) is 85.6 Å². The van der Waals surface area contributed by atoms with Crippen molar-refractivity contribution in [2.45, 2.75) is 121 Å². The molecule has 0 radical (unpaired) electrons. The Hall–Kier alpha value is -10.8. The average molecular weight is 1510 g/mol. The van der Waals surface area contributed by atoms with Crippen molar-refractivity contribution in [3.05, 3.63) is 168 Å². The summed E-state index contributed by atoms with van der Waals surface area (Å²) in [6.07, 6.45) is 3.76. The molecular weight excluding hydrogens is 1440 g/mol. The van der Waals surface area contributed by atoms with Crippen molar-refractivity contribution < 1.29 is 57.5 Å². The summed E-state index contributed by atoms with van der Waals surface area (Å²) in [4.78, 5) is 209. The highest BCUT2D eigenvalue weighted by molar-refractivity contribution is 8.77. The SMILES string of the molecule is O=C1Nc2cccc(n2)C(=O)N2CCC[C@H]2C(=O)Nc2cccc(n2)C(=O)N2C[C@H](SSc3cccc(SS[C@@H]4C[C@H]5C(=O)Nc6cccc(n6)C(=O)N6CCC[C@H]6C(=O)Nc6cccc(n6)C(=O)N6CCC[C@H]6C(=O)Nc6cccc(n6)C(=O)N5C4)c3)C[C@H]2C(=O)Nc2cccc(n2)C(=O)N2CCC[C@@H]12. The highest BCUT2D eigenvalue weighted by Crippen LogP contribution is 2.45. The highest BCUT2D eigenvalue weighted by atomic mass is 33.1. The molecule has 12 amide bonds. The van der Waals surface area contributed by atoms with E-state index in [0.717, 1.165) is 9.79 Å². The third-order valence-electron chi connectivity index (χ3n) is 19.6. The molecule has 6 N–H and O–H groups in total. The number of rotatable bonds is 6. The first kappa shape index (κ1) is 70.8. The van der Waals surface area contributed by atoms with E-state index < -0.39 is 107 Å². The van der Waals surface area contributed by atoms with E-state index >= 15 is 0 Å². The molecular formula is C72H68N18O12S4. The molecule has 0 aliphatic carbocycles. The summed E-state index contributed by atoms with van der Waals surface area (Å²) in [5.74, 6) is -6.33. The van der Waals surface area contributed by atoms with Gasteiger partial charge in [-0.3, -0.25) is 57.5 Å². The summed E-state index contributed by atoms with van der Waals surface area (Å²) < 4.78 is 0. The number of nitrogens with one attached hydrogen (secondary N) is 6. The van der Waals surface area contributed by atoms with Crippen LogP contribution in [0.1, 0.15) is 127 Å². The molecule has 12 bridgehead atoms. The van der Waals surface area contributed by atoms with E-state index in [1.807, 2.05) is 24.3 Å². The Kier molecular flexibility index (Phi) is 20.5. The largest absolute Gasteiger partial charge is 0.325 e. The molecule has 0 spiro atoms. The third-order valence-corrected chi connectivity index (χ3v) is 25.3. The van der Waals surface area contributed by atoms with Gasteiger partial charge in [-0.2, -0.15) is 0 Å². The number of aromatic nitrogens is 6. The number of benzene rings is 1. The molecule has 30 nitrogen and oxygen atoms in total. The summed E-state index contributed by atoms with van der Waals surface area (Å²) >= 11 is 0. The van der Waals surface area contributed by atoms with Gasteiger partial charge < -0.3 is 61.3 Å². The van der Waals surface area contributed by atoms with Gasteiger partial charge in [0.1, 0.15) is 105 Å².